The minimum absolute atomic E-state index is 0.670. The number of aliphatic hydroxyl groups is 1. The van der Waals surface area contributed by atoms with Crippen LogP contribution in [0.1, 0.15) is 6.42 Å². The van der Waals surface area contributed by atoms with Crippen molar-refractivity contribution in [2.45, 2.75) is 11.5 Å². The highest BCUT2D eigenvalue weighted by Crippen LogP contribution is 2.38. The zero-order valence-electron chi connectivity index (χ0n) is 8.05. The lowest BCUT2D eigenvalue weighted by Crippen LogP contribution is -2.41. The van der Waals surface area contributed by atoms with E-state index < -0.39 is 5.06 Å². The van der Waals surface area contributed by atoms with Crippen LogP contribution in [0.3, 0.4) is 0 Å². The molecule has 74 valence electrons. The predicted octanol–water partition coefficient (Wildman–Crippen LogP) is 2.42. The van der Waals surface area contributed by atoms with Gasteiger partial charge in [0, 0.05) is 19.2 Å². The fourth-order valence-electron chi connectivity index (χ4n) is 1.48. The molecule has 0 fully saturated rings. The Balaban J connectivity index is 2.20. The van der Waals surface area contributed by atoms with E-state index in [9.17, 15) is 5.11 Å². The molecule has 1 aliphatic rings. The lowest BCUT2D eigenvalue weighted by molar-refractivity contribution is 0.144. The number of anilines is 1. The van der Waals surface area contributed by atoms with Gasteiger partial charge in [0.2, 0.25) is 0 Å². The minimum Gasteiger partial charge on any atom is -0.362 e. The molecule has 0 spiro atoms. The van der Waals surface area contributed by atoms with Gasteiger partial charge in [-0.1, -0.05) is 36.0 Å². The first-order chi connectivity index (χ1) is 6.72. The number of rotatable bonds is 2. The number of hydrogen-bond acceptors (Lipinski definition) is 3. The van der Waals surface area contributed by atoms with Crippen LogP contribution in [0.5, 0.6) is 0 Å². The second-order valence-corrected chi connectivity index (χ2v) is 4.49. The summed E-state index contributed by atoms with van der Waals surface area (Å²) in [5, 5.41) is 11.4. The van der Waals surface area contributed by atoms with Crippen LogP contribution in [0, 0.1) is 0 Å². The molecule has 0 bridgehead atoms. The third-order valence-corrected chi connectivity index (χ3v) is 3.55. The molecule has 0 saturated carbocycles. The Morgan fingerprint density at radius 2 is 2.07 bits per heavy atom. The van der Waals surface area contributed by atoms with Crippen LogP contribution >= 0.6 is 11.8 Å². The van der Waals surface area contributed by atoms with E-state index in [2.05, 4.69) is 0 Å². The van der Waals surface area contributed by atoms with Gasteiger partial charge in [0.25, 0.3) is 0 Å². The molecule has 0 radical (unpaired) electrons. The largest absolute Gasteiger partial charge is 0.362 e. The Morgan fingerprint density at radius 3 is 2.64 bits per heavy atom. The highest BCUT2D eigenvalue weighted by molar-refractivity contribution is 8.03. The van der Waals surface area contributed by atoms with Crippen molar-refractivity contribution >= 4 is 17.4 Å². The molecule has 1 N–H and O–H groups in total. The van der Waals surface area contributed by atoms with E-state index >= 15 is 0 Å². The smallest absolute Gasteiger partial charge is 0.194 e. The van der Waals surface area contributed by atoms with Crippen molar-refractivity contribution < 1.29 is 5.11 Å². The summed E-state index contributed by atoms with van der Waals surface area (Å²) in [5.41, 5.74) is 1.03. The van der Waals surface area contributed by atoms with Gasteiger partial charge < -0.3 is 10.0 Å². The van der Waals surface area contributed by atoms with E-state index in [0.717, 1.165) is 5.69 Å². The molecule has 0 saturated heterocycles. The normalized spacial score (nSPS) is 25.3. The van der Waals surface area contributed by atoms with Crippen LogP contribution < -0.4 is 4.90 Å². The summed E-state index contributed by atoms with van der Waals surface area (Å²) in [4.78, 5) is 1.90. The Morgan fingerprint density at radius 1 is 1.36 bits per heavy atom. The SMILES string of the molecule is CN(c1ccccc1)C1(O)CC=CS1. The van der Waals surface area contributed by atoms with E-state index in [0.29, 0.717) is 6.42 Å². The first kappa shape index (κ1) is 9.62. The molecule has 2 nitrogen and oxygen atoms in total. The summed E-state index contributed by atoms with van der Waals surface area (Å²) in [5.74, 6) is 0. The second-order valence-electron chi connectivity index (χ2n) is 3.33. The van der Waals surface area contributed by atoms with Crippen molar-refractivity contribution in [2.24, 2.45) is 0 Å². The summed E-state index contributed by atoms with van der Waals surface area (Å²) in [7, 11) is 1.91. The van der Waals surface area contributed by atoms with E-state index in [-0.39, 0.29) is 0 Å². The van der Waals surface area contributed by atoms with E-state index in [4.69, 9.17) is 0 Å². The average Bonchev–Trinajstić information content (AvgIpc) is 2.67. The van der Waals surface area contributed by atoms with Crippen molar-refractivity contribution in [1.29, 1.82) is 0 Å². The van der Waals surface area contributed by atoms with E-state index in [1.54, 1.807) is 0 Å². The third-order valence-electron chi connectivity index (χ3n) is 2.40. The maximum absolute atomic E-state index is 10.2. The lowest BCUT2D eigenvalue weighted by atomic mass is 10.2. The summed E-state index contributed by atoms with van der Waals surface area (Å²) in [6.45, 7) is 0. The van der Waals surface area contributed by atoms with E-state index in [1.165, 1.54) is 11.8 Å². The molecule has 14 heavy (non-hydrogen) atoms. The highest BCUT2D eigenvalue weighted by Gasteiger charge is 2.33. The van der Waals surface area contributed by atoms with Crippen LogP contribution in [0.2, 0.25) is 0 Å². The standard InChI is InChI=1S/C11H13NOS/c1-12(10-6-3-2-4-7-10)11(13)8-5-9-14-11/h2-7,9,13H,8H2,1H3. The monoisotopic (exact) mass is 207 g/mol. The summed E-state index contributed by atoms with van der Waals surface area (Å²) < 4.78 is 0. The Labute approximate surface area is 88.2 Å². The van der Waals surface area contributed by atoms with Crippen molar-refractivity contribution in [2.75, 3.05) is 11.9 Å². The van der Waals surface area contributed by atoms with Gasteiger partial charge in [-0.15, -0.1) is 0 Å². The van der Waals surface area contributed by atoms with Gasteiger partial charge in [0.1, 0.15) is 0 Å². The number of nitrogens with zero attached hydrogens (tertiary/aromatic N) is 1. The maximum Gasteiger partial charge on any atom is 0.194 e. The molecule has 2 rings (SSSR count). The minimum atomic E-state index is -0.804. The second kappa shape index (κ2) is 3.67. The molecule has 0 aromatic heterocycles. The van der Waals surface area contributed by atoms with Crippen LogP contribution in [-0.4, -0.2) is 17.2 Å². The van der Waals surface area contributed by atoms with Gasteiger partial charge in [0.15, 0.2) is 5.06 Å². The van der Waals surface area contributed by atoms with E-state index in [1.807, 2.05) is 53.8 Å². The molecule has 3 heteroatoms. The predicted molar refractivity (Wildman–Crippen MR) is 61.1 cm³/mol. The van der Waals surface area contributed by atoms with Gasteiger partial charge in [0.05, 0.1) is 0 Å². The number of benzene rings is 1. The highest BCUT2D eigenvalue weighted by atomic mass is 32.2. The molecular weight excluding hydrogens is 194 g/mol. The third kappa shape index (κ3) is 1.65. The number of hydrogen-bond donors (Lipinski definition) is 1. The molecule has 1 unspecified atom stereocenters. The first-order valence-electron chi connectivity index (χ1n) is 4.56. The zero-order valence-corrected chi connectivity index (χ0v) is 8.87. The summed E-state index contributed by atoms with van der Waals surface area (Å²) in [6.07, 6.45) is 2.66. The van der Waals surface area contributed by atoms with Crippen molar-refractivity contribution in [3.63, 3.8) is 0 Å². The maximum atomic E-state index is 10.2. The summed E-state index contributed by atoms with van der Waals surface area (Å²) >= 11 is 1.45. The molecular formula is C11H13NOS. The van der Waals surface area contributed by atoms with Crippen LogP contribution in [-0.2, 0) is 0 Å². The van der Waals surface area contributed by atoms with Crippen LogP contribution in [0.15, 0.2) is 41.8 Å². The topological polar surface area (TPSA) is 23.5 Å². The van der Waals surface area contributed by atoms with Gasteiger partial charge in [-0.25, -0.2) is 0 Å². The fraction of sp³-hybridized carbons (Fsp3) is 0.273. The molecule has 1 heterocycles. The Kier molecular flexibility index (Phi) is 2.52. The fourth-order valence-corrected chi connectivity index (χ4v) is 2.34. The van der Waals surface area contributed by atoms with Crippen LogP contribution in [0.25, 0.3) is 0 Å². The molecule has 1 aliphatic heterocycles. The Bertz CT molecular complexity index is 328. The van der Waals surface area contributed by atoms with Gasteiger partial charge in [-0.3, -0.25) is 0 Å². The lowest BCUT2D eigenvalue weighted by Gasteiger charge is -2.34. The quantitative estimate of drug-likeness (QED) is 0.753. The van der Waals surface area contributed by atoms with Crippen molar-refractivity contribution in [1.82, 2.24) is 0 Å². The molecule has 1 atom stereocenters. The van der Waals surface area contributed by atoms with Crippen molar-refractivity contribution in [3.8, 4) is 0 Å². The zero-order chi connectivity index (χ0) is 10.0. The van der Waals surface area contributed by atoms with Crippen molar-refractivity contribution in [3.05, 3.63) is 41.8 Å². The number of para-hydroxylation sites is 1. The van der Waals surface area contributed by atoms with Crippen LogP contribution in [0.4, 0.5) is 5.69 Å². The van der Waals surface area contributed by atoms with Gasteiger partial charge in [-0.2, -0.15) is 0 Å². The molecule has 1 aromatic carbocycles. The Hall–Kier alpha value is -0.930. The summed E-state index contributed by atoms with van der Waals surface area (Å²) in [6, 6.07) is 9.92. The first-order valence-corrected chi connectivity index (χ1v) is 5.44. The average molecular weight is 207 g/mol. The molecule has 0 aliphatic carbocycles. The molecule has 0 amide bonds. The van der Waals surface area contributed by atoms with Gasteiger partial charge in [-0.05, 0) is 17.5 Å². The van der Waals surface area contributed by atoms with Gasteiger partial charge >= 0.3 is 0 Å². The number of thioether (sulfide) groups is 1. The molecule has 1 aromatic rings.